The Morgan fingerprint density at radius 1 is 1.06 bits per heavy atom. The smallest absolute Gasteiger partial charge is 0.250 e. The van der Waals surface area contributed by atoms with Crippen molar-refractivity contribution in [1.82, 2.24) is 9.97 Å². The molecule has 0 bridgehead atoms. The Morgan fingerprint density at radius 3 is 2.62 bits per heavy atom. The standard InChI is InChI=1S/C24H21N3O3S2/c1-16-25-18(14-31-16)13-30-19-10-7-17(8-11-19)9-12-23(28)27-24-26-21(15-32-24)20-5-3-4-6-22(20)29-2/h3-12,14-15H,13H2,1-2H3,(H,26,27,28)/b12-9+. The molecule has 32 heavy (non-hydrogen) atoms. The molecule has 8 heteroatoms. The van der Waals surface area contributed by atoms with Gasteiger partial charge in [0.25, 0.3) is 0 Å². The van der Waals surface area contributed by atoms with Gasteiger partial charge in [-0.05, 0) is 42.8 Å². The second-order valence-corrected chi connectivity index (χ2v) is 8.70. The Balaban J connectivity index is 1.32. The van der Waals surface area contributed by atoms with Crippen molar-refractivity contribution in [3.63, 3.8) is 0 Å². The van der Waals surface area contributed by atoms with E-state index in [0.29, 0.717) is 11.7 Å². The number of thiazole rings is 2. The topological polar surface area (TPSA) is 73.3 Å². The number of anilines is 1. The Morgan fingerprint density at radius 2 is 1.88 bits per heavy atom. The van der Waals surface area contributed by atoms with Crippen LogP contribution in [0.2, 0.25) is 0 Å². The number of ether oxygens (including phenoxy) is 2. The zero-order valence-corrected chi connectivity index (χ0v) is 19.2. The summed E-state index contributed by atoms with van der Waals surface area (Å²) in [6, 6.07) is 15.2. The molecule has 1 amide bonds. The van der Waals surface area contributed by atoms with Crippen molar-refractivity contribution in [2.75, 3.05) is 12.4 Å². The molecule has 0 saturated heterocycles. The number of aromatic nitrogens is 2. The molecule has 0 aliphatic rings. The average Bonchev–Trinajstić information content (AvgIpc) is 3.45. The molecule has 2 aromatic heterocycles. The molecule has 0 radical (unpaired) electrons. The largest absolute Gasteiger partial charge is 0.496 e. The van der Waals surface area contributed by atoms with E-state index in [2.05, 4.69) is 15.3 Å². The normalized spacial score (nSPS) is 10.9. The monoisotopic (exact) mass is 463 g/mol. The summed E-state index contributed by atoms with van der Waals surface area (Å²) >= 11 is 2.97. The van der Waals surface area contributed by atoms with Crippen molar-refractivity contribution in [1.29, 1.82) is 0 Å². The van der Waals surface area contributed by atoms with Gasteiger partial charge in [-0.15, -0.1) is 22.7 Å². The van der Waals surface area contributed by atoms with Crippen molar-refractivity contribution in [2.24, 2.45) is 0 Å². The van der Waals surface area contributed by atoms with E-state index in [1.54, 1.807) is 24.5 Å². The van der Waals surface area contributed by atoms with Gasteiger partial charge in [0.15, 0.2) is 5.13 Å². The summed E-state index contributed by atoms with van der Waals surface area (Å²) < 4.78 is 11.1. The molecule has 0 unspecified atom stereocenters. The van der Waals surface area contributed by atoms with Crippen LogP contribution in [0, 0.1) is 6.92 Å². The van der Waals surface area contributed by atoms with Gasteiger partial charge in [-0.1, -0.05) is 24.3 Å². The number of nitrogens with one attached hydrogen (secondary N) is 1. The minimum atomic E-state index is -0.245. The Hall–Kier alpha value is -3.49. The first kappa shape index (κ1) is 21.7. The predicted molar refractivity (Wildman–Crippen MR) is 129 cm³/mol. The first-order valence-corrected chi connectivity index (χ1v) is 11.6. The van der Waals surface area contributed by atoms with Gasteiger partial charge in [0.05, 0.1) is 23.5 Å². The maximum absolute atomic E-state index is 12.3. The van der Waals surface area contributed by atoms with E-state index in [9.17, 15) is 4.79 Å². The van der Waals surface area contributed by atoms with E-state index in [1.807, 2.05) is 66.2 Å². The average molecular weight is 464 g/mol. The second-order valence-electron chi connectivity index (χ2n) is 6.78. The number of aryl methyl sites for hydroxylation is 1. The van der Waals surface area contributed by atoms with Gasteiger partial charge in [-0.2, -0.15) is 0 Å². The summed E-state index contributed by atoms with van der Waals surface area (Å²) in [7, 11) is 1.62. The van der Waals surface area contributed by atoms with Gasteiger partial charge < -0.3 is 9.47 Å². The van der Waals surface area contributed by atoms with Crippen LogP contribution >= 0.6 is 22.7 Å². The molecule has 6 nitrogen and oxygen atoms in total. The molecule has 2 aromatic carbocycles. The van der Waals surface area contributed by atoms with Crippen LogP contribution in [0.25, 0.3) is 17.3 Å². The fraction of sp³-hybridized carbons (Fsp3) is 0.125. The summed E-state index contributed by atoms with van der Waals surface area (Å²) in [6.45, 7) is 2.41. The van der Waals surface area contributed by atoms with Crippen LogP contribution in [-0.2, 0) is 11.4 Å². The highest BCUT2D eigenvalue weighted by Gasteiger charge is 2.10. The lowest BCUT2D eigenvalue weighted by molar-refractivity contribution is -0.111. The summed E-state index contributed by atoms with van der Waals surface area (Å²) in [5, 5.41) is 8.24. The summed E-state index contributed by atoms with van der Waals surface area (Å²) in [5.41, 5.74) is 3.46. The second kappa shape index (κ2) is 10.2. The maximum Gasteiger partial charge on any atom is 0.250 e. The third kappa shape index (κ3) is 5.60. The third-order valence-electron chi connectivity index (χ3n) is 4.48. The van der Waals surface area contributed by atoms with Gasteiger partial charge in [0, 0.05) is 22.4 Å². The highest BCUT2D eigenvalue weighted by molar-refractivity contribution is 7.14. The number of benzene rings is 2. The zero-order chi connectivity index (χ0) is 22.3. The van der Waals surface area contributed by atoms with E-state index < -0.39 is 0 Å². The van der Waals surface area contributed by atoms with Crippen molar-refractivity contribution in [2.45, 2.75) is 13.5 Å². The molecule has 0 aliphatic heterocycles. The van der Waals surface area contributed by atoms with Crippen LogP contribution in [-0.4, -0.2) is 23.0 Å². The molecule has 4 rings (SSSR count). The van der Waals surface area contributed by atoms with E-state index in [4.69, 9.17) is 9.47 Å². The number of hydrogen-bond acceptors (Lipinski definition) is 7. The van der Waals surface area contributed by atoms with Crippen molar-refractivity contribution >= 4 is 39.8 Å². The van der Waals surface area contributed by atoms with E-state index in [-0.39, 0.29) is 5.91 Å². The highest BCUT2D eigenvalue weighted by atomic mass is 32.1. The number of carbonyl (C=O) groups is 1. The number of para-hydroxylation sites is 1. The minimum absolute atomic E-state index is 0.245. The number of hydrogen-bond donors (Lipinski definition) is 1. The fourth-order valence-corrected chi connectivity index (χ4v) is 4.25. The molecule has 0 fully saturated rings. The number of carbonyl (C=O) groups excluding carboxylic acids is 1. The first-order valence-electron chi connectivity index (χ1n) is 9.82. The van der Waals surface area contributed by atoms with Crippen molar-refractivity contribution in [3.8, 4) is 22.8 Å². The molecule has 0 saturated carbocycles. The summed E-state index contributed by atoms with van der Waals surface area (Å²) in [6.07, 6.45) is 3.23. The van der Waals surface area contributed by atoms with Gasteiger partial charge in [-0.3, -0.25) is 10.1 Å². The van der Waals surface area contributed by atoms with Crippen LogP contribution in [0.5, 0.6) is 11.5 Å². The lowest BCUT2D eigenvalue weighted by Gasteiger charge is -2.05. The fourth-order valence-electron chi connectivity index (χ4n) is 2.94. The highest BCUT2D eigenvalue weighted by Crippen LogP contribution is 2.31. The number of amides is 1. The van der Waals surface area contributed by atoms with Crippen LogP contribution < -0.4 is 14.8 Å². The van der Waals surface area contributed by atoms with Crippen molar-refractivity contribution in [3.05, 3.63) is 81.6 Å². The molecule has 0 atom stereocenters. The quantitative estimate of drug-likeness (QED) is 0.334. The Labute approximate surface area is 194 Å². The lowest BCUT2D eigenvalue weighted by atomic mass is 10.1. The molecule has 0 aliphatic carbocycles. The van der Waals surface area contributed by atoms with Gasteiger partial charge in [-0.25, -0.2) is 9.97 Å². The van der Waals surface area contributed by atoms with E-state index in [1.165, 1.54) is 17.4 Å². The number of rotatable bonds is 8. The molecular formula is C24H21N3O3S2. The molecule has 1 N–H and O–H groups in total. The van der Waals surface area contributed by atoms with Crippen LogP contribution in [0.15, 0.2) is 65.4 Å². The third-order valence-corrected chi connectivity index (χ3v) is 6.06. The summed E-state index contributed by atoms with van der Waals surface area (Å²) in [5.74, 6) is 1.25. The van der Waals surface area contributed by atoms with Gasteiger partial charge >= 0.3 is 0 Å². The van der Waals surface area contributed by atoms with Crippen LogP contribution in [0.1, 0.15) is 16.3 Å². The minimum Gasteiger partial charge on any atom is -0.496 e. The maximum atomic E-state index is 12.3. The first-order chi connectivity index (χ1) is 15.6. The Bertz CT molecular complexity index is 1230. The predicted octanol–water partition coefficient (Wildman–Crippen LogP) is 5.81. The molecule has 0 spiro atoms. The SMILES string of the molecule is COc1ccccc1-c1csc(NC(=O)/C=C/c2ccc(OCc3csc(C)n3)cc2)n1. The van der Waals surface area contributed by atoms with Crippen LogP contribution in [0.3, 0.4) is 0 Å². The zero-order valence-electron chi connectivity index (χ0n) is 17.6. The number of methoxy groups -OCH3 is 1. The van der Waals surface area contributed by atoms with E-state index >= 15 is 0 Å². The summed E-state index contributed by atoms with van der Waals surface area (Å²) in [4.78, 5) is 21.2. The van der Waals surface area contributed by atoms with Gasteiger partial charge in [0.1, 0.15) is 18.1 Å². The lowest BCUT2D eigenvalue weighted by Crippen LogP contribution is -2.07. The molecular weight excluding hydrogens is 442 g/mol. The number of nitrogens with zero attached hydrogens (tertiary/aromatic N) is 2. The van der Waals surface area contributed by atoms with E-state index in [0.717, 1.165) is 39.0 Å². The Kier molecular flexibility index (Phi) is 6.94. The molecule has 2 heterocycles. The molecule has 4 aromatic rings. The van der Waals surface area contributed by atoms with Crippen LogP contribution in [0.4, 0.5) is 5.13 Å². The van der Waals surface area contributed by atoms with Crippen molar-refractivity contribution < 1.29 is 14.3 Å². The van der Waals surface area contributed by atoms with Gasteiger partial charge in [0.2, 0.25) is 5.91 Å². The molecule has 162 valence electrons.